The highest BCUT2D eigenvalue weighted by atomic mass is 16.5. The summed E-state index contributed by atoms with van der Waals surface area (Å²) in [4.78, 5) is 13.2. The number of rotatable bonds is 1. The van der Waals surface area contributed by atoms with Crippen LogP contribution in [0.2, 0.25) is 0 Å². The lowest BCUT2D eigenvalue weighted by atomic mass is 9.37. The van der Waals surface area contributed by atoms with E-state index < -0.39 is 0 Å². The van der Waals surface area contributed by atoms with Gasteiger partial charge in [-0.05, 0) is 110 Å². The summed E-state index contributed by atoms with van der Waals surface area (Å²) in [7, 11) is 1.59. The van der Waals surface area contributed by atoms with Crippen molar-refractivity contribution < 1.29 is 14.6 Å². The Hall–Kier alpha value is -0.830. The third kappa shape index (κ3) is 3.12. The quantitative estimate of drug-likeness (QED) is 0.344. The van der Waals surface area contributed by atoms with E-state index in [1.165, 1.54) is 12.8 Å². The molecular weight excluding hydrogens is 408 g/mol. The molecule has 1 unspecified atom stereocenters. The fourth-order valence-electron chi connectivity index (χ4n) is 10.5. The standard InChI is InChI=1S/C30H48O3/c1-26(2)16-17-30(25(32)33-7)15-10-20-19(21(30)18-26)8-9-23-28(20,5)13-11-22-27(3,4)24(31)12-14-29(22,23)6/h8,20-24,31H,9-18H2,1-7H3/t20-,21+,22+,23?,24+,28+,29+,30-/m1/s1. The van der Waals surface area contributed by atoms with E-state index in [1.807, 2.05) is 0 Å². The molecule has 0 aromatic carbocycles. The van der Waals surface area contributed by atoms with Crippen LogP contribution in [0.5, 0.6) is 0 Å². The number of methoxy groups -OCH3 is 1. The van der Waals surface area contributed by atoms with E-state index in [-0.39, 0.29) is 28.3 Å². The fourth-order valence-corrected chi connectivity index (χ4v) is 10.5. The van der Waals surface area contributed by atoms with Crippen molar-refractivity contribution in [2.75, 3.05) is 7.11 Å². The fraction of sp³-hybridized carbons (Fsp3) is 0.900. The normalized spacial score (nSPS) is 50.1. The number of hydrogen-bond acceptors (Lipinski definition) is 3. The Labute approximate surface area is 202 Å². The summed E-state index contributed by atoms with van der Waals surface area (Å²) in [6.45, 7) is 14.6. The van der Waals surface area contributed by atoms with Gasteiger partial charge >= 0.3 is 5.97 Å². The number of esters is 1. The van der Waals surface area contributed by atoms with Crippen LogP contribution >= 0.6 is 0 Å². The summed E-state index contributed by atoms with van der Waals surface area (Å²) in [5.74, 6) is 2.26. The summed E-state index contributed by atoms with van der Waals surface area (Å²) in [6.07, 6.45) is 13.5. The largest absolute Gasteiger partial charge is 0.469 e. The second-order valence-corrected chi connectivity index (χ2v) is 14.6. The zero-order chi connectivity index (χ0) is 24.0. The topological polar surface area (TPSA) is 46.5 Å². The molecule has 3 heteroatoms. The van der Waals surface area contributed by atoms with Gasteiger partial charge in [-0.15, -0.1) is 0 Å². The minimum absolute atomic E-state index is 0.00167. The number of ether oxygens (including phenoxy) is 1. The zero-order valence-electron chi connectivity index (χ0n) is 22.3. The maximum Gasteiger partial charge on any atom is 0.312 e. The van der Waals surface area contributed by atoms with Gasteiger partial charge in [0.1, 0.15) is 0 Å². The van der Waals surface area contributed by atoms with Crippen molar-refractivity contribution in [3.8, 4) is 0 Å². The molecule has 0 amide bonds. The van der Waals surface area contributed by atoms with Crippen molar-refractivity contribution in [1.29, 1.82) is 0 Å². The van der Waals surface area contributed by atoms with Crippen molar-refractivity contribution >= 4 is 5.97 Å². The van der Waals surface area contributed by atoms with Crippen molar-refractivity contribution in [3.05, 3.63) is 11.6 Å². The maximum absolute atomic E-state index is 13.2. The first kappa shape index (κ1) is 23.9. The molecule has 33 heavy (non-hydrogen) atoms. The molecule has 4 saturated carbocycles. The summed E-state index contributed by atoms with van der Waals surface area (Å²) in [6, 6.07) is 0. The minimum Gasteiger partial charge on any atom is -0.469 e. The molecule has 0 aromatic rings. The lowest BCUT2D eigenvalue weighted by Crippen LogP contribution is -2.62. The van der Waals surface area contributed by atoms with E-state index in [9.17, 15) is 9.90 Å². The number of aliphatic hydroxyl groups excluding tert-OH is 1. The van der Waals surface area contributed by atoms with Gasteiger partial charge in [0.2, 0.25) is 0 Å². The molecule has 8 atom stereocenters. The predicted octanol–water partition coefficient (Wildman–Crippen LogP) is 6.93. The van der Waals surface area contributed by atoms with Gasteiger partial charge in [0.05, 0.1) is 18.6 Å². The Kier molecular flexibility index (Phi) is 5.31. The molecule has 5 aliphatic carbocycles. The van der Waals surface area contributed by atoms with Crippen LogP contribution in [-0.2, 0) is 9.53 Å². The lowest BCUT2D eigenvalue weighted by Gasteiger charge is -2.68. The third-order valence-electron chi connectivity index (χ3n) is 12.4. The van der Waals surface area contributed by atoms with Gasteiger partial charge in [0.25, 0.3) is 0 Å². The van der Waals surface area contributed by atoms with E-state index in [0.717, 1.165) is 51.4 Å². The van der Waals surface area contributed by atoms with E-state index in [2.05, 4.69) is 47.6 Å². The van der Waals surface area contributed by atoms with Crippen LogP contribution < -0.4 is 0 Å². The van der Waals surface area contributed by atoms with Crippen LogP contribution in [0.4, 0.5) is 0 Å². The van der Waals surface area contributed by atoms with Gasteiger partial charge in [0.15, 0.2) is 0 Å². The summed E-state index contributed by atoms with van der Waals surface area (Å²) < 4.78 is 5.46. The number of fused-ring (bicyclic) bond motifs is 7. The first-order chi connectivity index (χ1) is 15.3. The van der Waals surface area contributed by atoms with Crippen molar-refractivity contribution in [2.45, 2.75) is 112 Å². The molecule has 0 bridgehead atoms. The number of aliphatic hydroxyl groups is 1. The highest BCUT2D eigenvalue weighted by molar-refractivity contribution is 5.78. The number of carbonyl (C=O) groups is 1. The molecule has 4 fully saturated rings. The van der Waals surface area contributed by atoms with Gasteiger partial charge in [-0.2, -0.15) is 0 Å². The van der Waals surface area contributed by atoms with E-state index >= 15 is 0 Å². The Bertz CT molecular complexity index is 855. The monoisotopic (exact) mass is 456 g/mol. The van der Waals surface area contributed by atoms with Crippen LogP contribution in [0.25, 0.3) is 0 Å². The average Bonchev–Trinajstić information content (AvgIpc) is 2.75. The van der Waals surface area contributed by atoms with Crippen LogP contribution in [0.1, 0.15) is 106 Å². The third-order valence-corrected chi connectivity index (χ3v) is 12.4. The average molecular weight is 457 g/mol. The molecule has 1 N–H and O–H groups in total. The van der Waals surface area contributed by atoms with Crippen LogP contribution in [0.3, 0.4) is 0 Å². The zero-order valence-corrected chi connectivity index (χ0v) is 22.3. The van der Waals surface area contributed by atoms with Crippen LogP contribution in [-0.4, -0.2) is 24.3 Å². The maximum atomic E-state index is 13.2. The number of allylic oxidation sites excluding steroid dienone is 2. The van der Waals surface area contributed by atoms with Gasteiger partial charge < -0.3 is 9.84 Å². The van der Waals surface area contributed by atoms with Gasteiger partial charge in [-0.3, -0.25) is 4.79 Å². The molecule has 3 nitrogen and oxygen atoms in total. The van der Waals surface area contributed by atoms with Gasteiger partial charge in [0, 0.05) is 0 Å². The predicted molar refractivity (Wildman–Crippen MR) is 132 cm³/mol. The van der Waals surface area contributed by atoms with E-state index in [1.54, 1.807) is 12.7 Å². The first-order valence-corrected chi connectivity index (χ1v) is 13.8. The minimum atomic E-state index is -0.298. The van der Waals surface area contributed by atoms with Gasteiger partial charge in [-0.1, -0.05) is 53.2 Å². The molecule has 5 aliphatic rings. The molecule has 0 aliphatic heterocycles. The van der Waals surface area contributed by atoms with Crippen molar-refractivity contribution in [3.63, 3.8) is 0 Å². The Morgan fingerprint density at radius 1 is 0.879 bits per heavy atom. The molecule has 0 radical (unpaired) electrons. The molecule has 5 rings (SSSR count). The summed E-state index contributed by atoms with van der Waals surface area (Å²) in [5.41, 5.74) is 2.20. The molecule has 0 saturated heterocycles. The highest BCUT2D eigenvalue weighted by Crippen LogP contribution is 2.72. The molecule has 0 heterocycles. The second kappa shape index (κ2) is 7.34. The van der Waals surface area contributed by atoms with E-state index in [0.29, 0.717) is 34.5 Å². The number of carbonyl (C=O) groups excluding carboxylic acids is 1. The van der Waals surface area contributed by atoms with Crippen molar-refractivity contribution in [1.82, 2.24) is 0 Å². The number of hydrogen-bond donors (Lipinski definition) is 1. The SMILES string of the molecule is COC(=O)[C@@]12CC[C@@H]3C(=CCC4[C@@]3(C)CC[C@H]3C(C)(C)[C@@H](O)CC[C@]43C)[C@@H]1CC(C)(C)CC2. The Morgan fingerprint density at radius 2 is 1.58 bits per heavy atom. The van der Waals surface area contributed by atoms with Gasteiger partial charge in [-0.25, -0.2) is 0 Å². The highest BCUT2D eigenvalue weighted by Gasteiger charge is 2.65. The molecule has 186 valence electrons. The Morgan fingerprint density at radius 3 is 2.27 bits per heavy atom. The summed E-state index contributed by atoms with van der Waals surface area (Å²) in [5, 5.41) is 10.9. The lowest BCUT2D eigenvalue weighted by molar-refractivity contribution is -0.189. The summed E-state index contributed by atoms with van der Waals surface area (Å²) >= 11 is 0. The second-order valence-electron chi connectivity index (χ2n) is 14.6. The van der Waals surface area contributed by atoms with Crippen LogP contribution in [0, 0.1) is 50.7 Å². The Balaban J connectivity index is 1.55. The van der Waals surface area contributed by atoms with E-state index in [4.69, 9.17) is 4.74 Å². The molecule has 0 spiro atoms. The van der Waals surface area contributed by atoms with Crippen LogP contribution in [0.15, 0.2) is 11.6 Å². The smallest absolute Gasteiger partial charge is 0.312 e. The molecular formula is C30H48O3. The van der Waals surface area contributed by atoms with Crippen molar-refractivity contribution in [2.24, 2.45) is 50.7 Å². The first-order valence-electron chi connectivity index (χ1n) is 13.8. The molecule has 0 aromatic heterocycles.